The molecule has 1 saturated carbocycles. The fourth-order valence-corrected chi connectivity index (χ4v) is 5.29. The van der Waals surface area contributed by atoms with E-state index in [0.29, 0.717) is 19.1 Å². The van der Waals surface area contributed by atoms with Crippen LogP contribution in [0.5, 0.6) is 0 Å². The normalized spacial score (nSPS) is 28.9. The van der Waals surface area contributed by atoms with Gasteiger partial charge in [0.05, 0.1) is 25.4 Å². The molecule has 4 heteroatoms. The van der Waals surface area contributed by atoms with Gasteiger partial charge in [-0.15, -0.1) is 0 Å². The Morgan fingerprint density at radius 3 is 2.24 bits per heavy atom. The van der Waals surface area contributed by atoms with Crippen molar-refractivity contribution >= 4 is 0 Å². The molecule has 0 aliphatic heterocycles. The van der Waals surface area contributed by atoms with E-state index in [1.165, 1.54) is 41.6 Å². The first-order valence-electron chi connectivity index (χ1n) is 12.8. The van der Waals surface area contributed by atoms with Crippen LogP contribution in [0.25, 0.3) is 0 Å². The highest BCUT2D eigenvalue weighted by molar-refractivity contribution is 5.37. The van der Waals surface area contributed by atoms with Gasteiger partial charge >= 0.3 is 0 Å². The minimum Gasteiger partial charge on any atom is -0.379 e. The molecule has 34 heavy (non-hydrogen) atoms. The lowest BCUT2D eigenvalue weighted by atomic mass is 9.72. The summed E-state index contributed by atoms with van der Waals surface area (Å²) in [7, 11) is 5.21. The maximum absolute atomic E-state index is 5.97. The van der Waals surface area contributed by atoms with Crippen molar-refractivity contribution in [2.24, 2.45) is 11.3 Å². The molecule has 1 fully saturated rings. The second kappa shape index (κ2) is 14.2. The van der Waals surface area contributed by atoms with Crippen molar-refractivity contribution < 1.29 is 18.9 Å². The van der Waals surface area contributed by atoms with E-state index in [4.69, 9.17) is 18.9 Å². The van der Waals surface area contributed by atoms with Crippen LogP contribution < -0.4 is 0 Å². The molecular weight excluding hydrogens is 424 g/mol. The minimum atomic E-state index is -0.0141. The first-order chi connectivity index (χ1) is 16.2. The van der Waals surface area contributed by atoms with Crippen LogP contribution in [0.2, 0.25) is 0 Å². The van der Waals surface area contributed by atoms with E-state index in [9.17, 15) is 0 Å². The zero-order valence-corrected chi connectivity index (χ0v) is 22.9. The molecule has 0 amide bonds. The summed E-state index contributed by atoms with van der Waals surface area (Å²) < 4.78 is 22.8. The van der Waals surface area contributed by atoms with Crippen LogP contribution in [0, 0.1) is 11.3 Å². The Labute approximate surface area is 208 Å². The molecule has 0 aromatic rings. The van der Waals surface area contributed by atoms with E-state index in [-0.39, 0.29) is 23.7 Å². The van der Waals surface area contributed by atoms with Gasteiger partial charge in [0.2, 0.25) is 0 Å². The Kier molecular flexibility index (Phi) is 12.0. The molecule has 4 nitrogen and oxygen atoms in total. The fourth-order valence-electron chi connectivity index (χ4n) is 5.29. The van der Waals surface area contributed by atoms with Crippen molar-refractivity contribution in [2.45, 2.75) is 85.0 Å². The second-order valence-corrected chi connectivity index (χ2v) is 10.6. The first kappa shape index (κ1) is 28.8. The molecule has 0 N–H and O–H groups in total. The van der Waals surface area contributed by atoms with Crippen molar-refractivity contribution in [3.63, 3.8) is 0 Å². The van der Waals surface area contributed by atoms with Crippen molar-refractivity contribution in [1.29, 1.82) is 0 Å². The van der Waals surface area contributed by atoms with Gasteiger partial charge in [0.1, 0.15) is 6.10 Å². The summed E-state index contributed by atoms with van der Waals surface area (Å²) in [5.41, 5.74) is 5.79. The molecule has 0 bridgehead atoms. The molecule has 0 saturated heterocycles. The zero-order valence-electron chi connectivity index (χ0n) is 22.9. The third kappa shape index (κ3) is 8.64. The highest BCUT2D eigenvalue weighted by Crippen LogP contribution is 2.40. The predicted molar refractivity (Wildman–Crippen MR) is 142 cm³/mol. The van der Waals surface area contributed by atoms with Crippen molar-refractivity contribution in [3.05, 3.63) is 58.7 Å². The van der Waals surface area contributed by atoms with Crippen LogP contribution >= 0.6 is 0 Å². The van der Waals surface area contributed by atoms with Gasteiger partial charge in [-0.2, -0.15) is 0 Å². The van der Waals surface area contributed by atoms with Crippen molar-refractivity contribution in [2.75, 3.05) is 34.5 Å². The fraction of sp³-hybridized carbons (Fsp3) is 0.667. The first-order valence-corrected chi connectivity index (χ1v) is 12.8. The molecule has 2 aliphatic carbocycles. The van der Waals surface area contributed by atoms with Gasteiger partial charge in [-0.05, 0) is 69.8 Å². The lowest BCUT2D eigenvalue weighted by Crippen LogP contribution is -2.48. The van der Waals surface area contributed by atoms with E-state index in [2.05, 4.69) is 71.1 Å². The van der Waals surface area contributed by atoms with Gasteiger partial charge in [-0.25, -0.2) is 0 Å². The number of ether oxygens (including phenoxy) is 4. The van der Waals surface area contributed by atoms with Gasteiger partial charge in [0.15, 0.2) is 0 Å². The highest BCUT2D eigenvalue weighted by Gasteiger charge is 2.38. The summed E-state index contributed by atoms with van der Waals surface area (Å²) in [4.78, 5) is 0. The lowest BCUT2D eigenvalue weighted by Gasteiger charge is -2.39. The third-order valence-electron chi connectivity index (χ3n) is 7.39. The number of allylic oxidation sites excluding steroid dienone is 9. The maximum atomic E-state index is 5.97. The number of rotatable bonds is 11. The van der Waals surface area contributed by atoms with E-state index < -0.39 is 0 Å². The predicted octanol–water partition coefficient (Wildman–Crippen LogP) is 6.99. The topological polar surface area (TPSA) is 36.9 Å². The molecule has 2 unspecified atom stereocenters. The molecule has 192 valence electrons. The third-order valence-corrected chi connectivity index (χ3v) is 7.39. The monoisotopic (exact) mass is 472 g/mol. The summed E-state index contributed by atoms with van der Waals surface area (Å²) in [5, 5.41) is 0. The molecule has 0 heterocycles. The summed E-state index contributed by atoms with van der Waals surface area (Å²) in [5.74, 6) is 0.413. The average molecular weight is 473 g/mol. The largest absolute Gasteiger partial charge is 0.379 e. The number of methoxy groups -OCH3 is 3. The molecular formula is C30H48O4. The van der Waals surface area contributed by atoms with Crippen LogP contribution in [-0.4, -0.2) is 52.9 Å². The molecule has 2 rings (SSSR count). The highest BCUT2D eigenvalue weighted by atomic mass is 16.6. The molecule has 2 aliphatic rings. The van der Waals surface area contributed by atoms with Gasteiger partial charge in [0, 0.05) is 21.3 Å². The Morgan fingerprint density at radius 1 is 0.971 bits per heavy atom. The zero-order chi connectivity index (χ0) is 25.1. The molecule has 0 aromatic heterocycles. The summed E-state index contributed by atoms with van der Waals surface area (Å²) >= 11 is 0. The van der Waals surface area contributed by atoms with Crippen molar-refractivity contribution in [1.82, 2.24) is 0 Å². The van der Waals surface area contributed by atoms with Gasteiger partial charge in [-0.1, -0.05) is 67.0 Å². The Morgan fingerprint density at radius 2 is 1.65 bits per heavy atom. The van der Waals surface area contributed by atoms with Crippen LogP contribution in [0.3, 0.4) is 0 Å². The van der Waals surface area contributed by atoms with Crippen LogP contribution in [-0.2, 0) is 18.9 Å². The Hall–Kier alpha value is -1.46. The second-order valence-electron chi connectivity index (χ2n) is 10.6. The quantitative estimate of drug-likeness (QED) is 0.240. The number of hydrogen-bond acceptors (Lipinski definition) is 4. The summed E-state index contributed by atoms with van der Waals surface area (Å²) in [6, 6.07) is 0. The lowest BCUT2D eigenvalue weighted by molar-refractivity contribution is -0.145. The van der Waals surface area contributed by atoms with Gasteiger partial charge in [0.25, 0.3) is 0 Å². The molecule has 0 spiro atoms. The van der Waals surface area contributed by atoms with E-state index in [0.717, 1.165) is 12.8 Å². The van der Waals surface area contributed by atoms with E-state index in [1.807, 2.05) is 0 Å². The summed E-state index contributed by atoms with van der Waals surface area (Å²) in [6.07, 6.45) is 18.9. The maximum Gasteiger partial charge on any atom is 0.109 e. The van der Waals surface area contributed by atoms with Crippen LogP contribution in [0.15, 0.2) is 58.7 Å². The SMILES string of the molecule is COC1CC(COC/C=C(C)/C=C/C=C(C)/C=C/C2=C(C)CCCC2(C)C)CC(OC)C1OC. The molecule has 0 aromatic carbocycles. The molecule has 0 radical (unpaired) electrons. The van der Waals surface area contributed by atoms with E-state index in [1.54, 1.807) is 21.3 Å². The van der Waals surface area contributed by atoms with Gasteiger partial charge < -0.3 is 18.9 Å². The standard InChI is InChI=1S/C30H48O4/c1-22(14-15-26-24(3)13-10-17-30(26,4)5)11-9-12-23(2)16-18-34-21-25-19-27(31-6)29(33-8)28(20-25)32-7/h9,11-12,14-16,25,27-29H,10,13,17-21H2,1-8H3/b12-9+,15-14+,22-11+,23-16+. The van der Waals surface area contributed by atoms with E-state index >= 15 is 0 Å². The number of hydrogen-bond donors (Lipinski definition) is 0. The Bertz CT molecular complexity index is 770. The van der Waals surface area contributed by atoms with Gasteiger partial charge in [-0.3, -0.25) is 0 Å². The average Bonchev–Trinajstić information content (AvgIpc) is 2.80. The van der Waals surface area contributed by atoms with Crippen LogP contribution in [0.4, 0.5) is 0 Å². The van der Waals surface area contributed by atoms with Crippen LogP contribution in [0.1, 0.15) is 66.7 Å². The Balaban J connectivity index is 1.80. The minimum absolute atomic E-state index is 0.0141. The molecule has 2 atom stereocenters. The smallest absolute Gasteiger partial charge is 0.109 e. The van der Waals surface area contributed by atoms with Crippen molar-refractivity contribution in [3.8, 4) is 0 Å². The summed E-state index contributed by atoms with van der Waals surface area (Å²) in [6.45, 7) is 12.6.